The molecule has 0 saturated carbocycles. The molecule has 12 nitrogen and oxygen atoms in total. The van der Waals surface area contributed by atoms with E-state index in [2.05, 4.69) is 0 Å². The Morgan fingerprint density at radius 3 is 1.73 bits per heavy atom. The average molecular weight is 615 g/mol. The van der Waals surface area contributed by atoms with Gasteiger partial charge in [0.25, 0.3) is 0 Å². The maximum Gasteiger partial charge on any atom is 0.249 e. The molecule has 2 atom stereocenters. The molecule has 0 spiro atoms. The lowest BCUT2D eigenvalue weighted by atomic mass is 9.68. The number of rotatable bonds is 20. The maximum absolute atomic E-state index is 13.5. The van der Waals surface area contributed by atoms with Gasteiger partial charge in [-0.2, -0.15) is 0 Å². The summed E-state index contributed by atoms with van der Waals surface area (Å²) in [6.07, 6.45) is 9.61. The van der Waals surface area contributed by atoms with Gasteiger partial charge in [-0.3, -0.25) is 28.8 Å². The number of carbonyl (C=O) groups excluding carboxylic acids is 6. The fourth-order valence-corrected chi connectivity index (χ4v) is 6.65. The second kappa shape index (κ2) is 17.4. The van der Waals surface area contributed by atoms with E-state index >= 15 is 0 Å². The average Bonchev–Trinajstić information content (AvgIpc) is 3.00. The second-order valence-corrected chi connectivity index (χ2v) is 12.1. The van der Waals surface area contributed by atoms with E-state index in [1.165, 1.54) is 0 Å². The van der Waals surface area contributed by atoms with Crippen LogP contribution in [0.3, 0.4) is 0 Å². The van der Waals surface area contributed by atoms with Gasteiger partial charge in [0.05, 0.1) is 5.41 Å². The minimum atomic E-state index is -1.30. The van der Waals surface area contributed by atoms with Crippen molar-refractivity contribution in [2.24, 2.45) is 40.3 Å². The normalized spacial score (nSPS) is 15.2. The lowest BCUT2D eigenvalue weighted by Crippen LogP contribution is -2.43. The van der Waals surface area contributed by atoms with Crippen molar-refractivity contribution < 1.29 is 28.8 Å². The van der Waals surface area contributed by atoms with Crippen LogP contribution in [0, 0.1) is 5.92 Å². The van der Waals surface area contributed by atoms with Gasteiger partial charge in [-0.15, -0.1) is 0 Å². The van der Waals surface area contributed by atoms with Gasteiger partial charge in [0, 0.05) is 29.9 Å². The van der Waals surface area contributed by atoms with Gasteiger partial charge in [0.1, 0.15) is 0 Å². The Hall–Kier alpha value is -3.96. The van der Waals surface area contributed by atoms with Gasteiger partial charge >= 0.3 is 0 Å². The molecular formula is C32H50N6O6. The Morgan fingerprint density at radius 2 is 1.18 bits per heavy atom. The lowest BCUT2D eigenvalue weighted by molar-refractivity contribution is -0.125. The number of hydrogen-bond donors (Lipinski definition) is 6. The lowest BCUT2D eigenvalue weighted by Gasteiger charge is -2.35. The topological polar surface area (TPSA) is 259 Å². The van der Waals surface area contributed by atoms with E-state index in [1.54, 1.807) is 6.07 Å². The summed E-state index contributed by atoms with van der Waals surface area (Å²) in [4.78, 5) is 73.6. The molecule has 0 heterocycles. The van der Waals surface area contributed by atoms with E-state index in [0.717, 1.165) is 32.1 Å². The highest BCUT2D eigenvalue weighted by atomic mass is 16.2. The van der Waals surface area contributed by atoms with Crippen LogP contribution in [0.5, 0.6) is 0 Å². The Labute approximate surface area is 259 Å². The molecule has 1 aliphatic rings. The molecule has 6 amide bonds. The first-order chi connectivity index (χ1) is 20.8. The van der Waals surface area contributed by atoms with E-state index in [-0.39, 0.29) is 42.7 Å². The van der Waals surface area contributed by atoms with Crippen molar-refractivity contribution in [3.05, 3.63) is 33.9 Å². The molecule has 44 heavy (non-hydrogen) atoms. The van der Waals surface area contributed by atoms with E-state index in [1.807, 2.05) is 0 Å². The van der Waals surface area contributed by atoms with Crippen LogP contribution < -0.4 is 34.4 Å². The van der Waals surface area contributed by atoms with Crippen LogP contribution >= 0.6 is 0 Å². The number of hydrogen-bond acceptors (Lipinski definition) is 6. The van der Waals surface area contributed by atoms with Crippen molar-refractivity contribution in [3.8, 4) is 0 Å². The summed E-state index contributed by atoms with van der Waals surface area (Å²) in [7, 11) is 0. The standard InChI is InChI=1S/C32H50N6O6/c33-25(39)15-9-12-20(28(35)41)11-5-3-4-8-17-32(31(38)44,18-10-16-26(34)40)24-19-23(29(36)42)21-13-6-1-2-7-14-22(24)27(21)30(37)43/h19-20H,1-18H2,(H2,33,39)(H2,34,40)(H2,35,41)(H2,36,42)(H2,37,43)(H2,38,44). The molecule has 1 aromatic carbocycles. The van der Waals surface area contributed by atoms with Crippen LogP contribution in [0.4, 0.5) is 0 Å². The molecular weight excluding hydrogens is 564 g/mol. The minimum absolute atomic E-state index is 0.0397. The molecule has 0 aromatic heterocycles. The first-order valence-corrected chi connectivity index (χ1v) is 15.8. The summed E-state index contributed by atoms with van der Waals surface area (Å²) >= 11 is 0. The van der Waals surface area contributed by atoms with E-state index < -0.39 is 40.9 Å². The summed E-state index contributed by atoms with van der Waals surface area (Å²) in [6.45, 7) is 0. The van der Waals surface area contributed by atoms with Crippen LogP contribution in [0.1, 0.15) is 140 Å². The summed E-state index contributed by atoms with van der Waals surface area (Å²) in [5, 5.41) is 0. The smallest absolute Gasteiger partial charge is 0.249 e. The van der Waals surface area contributed by atoms with Crippen LogP contribution in [0.25, 0.3) is 0 Å². The molecule has 244 valence electrons. The number of fused-ring (bicyclic) bond motifs is 2. The zero-order valence-electron chi connectivity index (χ0n) is 25.8. The first-order valence-electron chi connectivity index (χ1n) is 15.8. The van der Waals surface area contributed by atoms with Crippen molar-refractivity contribution in [1.29, 1.82) is 0 Å². The number of amides is 6. The van der Waals surface area contributed by atoms with Gasteiger partial charge in [-0.1, -0.05) is 38.5 Å². The number of primary amides is 6. The van der Waals surface area contributed by atoms with Gasteiger partial charge < -0.3 is 34.4 Å². The monoisotopic (exact) mass is 614 g/mol. The largest absolute Gasteiger partial charge is 0.370 e. The molecule has 12 heteroatoms. The molecule has 0 radical (unpaired) electrons. The minimum Gasteiger partial charge on any atom is -0.370 e. The van der Waals surface area contributed by atoms with E-state index in [9.17, 15) is 28.8 Å². The number of unbranched alkanes of at least 4 members (excludes halogenated alkanes) is 3. The quantitative estimate of drug-likeness (QED) is 0.120. The number of nitrogens with two attached hydrogens (primary N) is 6. The van der Waals surface area contributed by atoms with Crippen molar-refractivity contribution in [1.82, 2.24) is 0 Å². The molecule has 1 aliphatic carbocycles. The predicted molar refractivity (Wildman–Crippen MR) is 167 cm³/mol. The van der Waals surface area contributed by atoms with E-state index in [4.69, 9.17) is 34.4 Å². The summed E-state index contributed by atoms with van der Waals surface area (Å²) in [6, 6.07) is 1.63. The first kappa shape index (κ1) is 36.2. The third-order valence-electron chi connectivity index (χ3n) is 8.96. The highest BCUT2D eigenvalue weighted by molar-refractivity contribution is 6.03. The molecule has 1 aromatic rings. The van der Waals surface area contributed by atoms with Crippen LogP contribution in [-0.4, -0.2) is 35.4 Å². The maximum atomic E-state index is 13.5. The Morgan fingerprint density at radius 1 is 0.636 bits per heavy atom. The second-order valence-electron chi connectivity index (χ2n) is 12.1. The third kappa shape index (κ3) is 10.1. The Bertz CT molecular complexity index is 1230. The molecule has 2 bridgehead atoms. The highest BCUT2D eigenvalue weighted by Crippen LogP contribution is 2.42. The molecule has 2 rings (SSSR count). The van der Waals surface area contributed by atoms with Gasteiger partial charge in [0.15, 0.2) is 0 Å². The molecule has 12 N–H and O–H groups in total. The highest BCUT2D eigenvalue weighted by Gasteiger charge is 2.41. The molecule has 0 saturated heterocycles. The van der Waals surface area contributed by atoms with Crippen molar-refractivity contribution in [3.63, 3.8) is 0 Å². The van der Waals surface area contributed by atoms with Gasteiger partial charge in [-0.05, 0) is 87.0 Å². The number of carbonyl (C=O) groups is 6. The van der Waals surface area contributed by atoms with Gasteiger partial charge in [0.2, 0.25) is 35.4 Å². The van der Waals surface area contributed by atoms with Crippen molar-refractivity contribution in [2.75, 3.05) is 0 Å². The van der Waals surface area contributed by atoms with Gasteiger partial charge in [-0.25, -0.2) is 0 Å². The number of benzene rings is 1. The zero-order chi connectivity index (χ0) is 32.9. The predicted octanol–water partition coefficient (Wildman–Crippen LogP) is 2.02. The Kier molecular flexibility index (Phi) is 14.3. The summed E-state index contributed by atoms with van der Waals surface area (Å²) in [5.74, 6) is -3.72. The SMILES string of the molecule is NC(=O)CCCC(CCCCCCC(CCCC(N)=O)(C(N)=O)c1cc(C(N)=O)c2c(C(N)=O)c1CCCCCC2)C(N)=O. The Balaban J connectivity index is 2.41. The zero-order valence-corrected chi connectivity index (χ0v) is 25.8. The fraction of sp³-hybridized carbons (Fsp3) is 0.625. The summed E-state index contributed by atoms with van der Waals surface area (Å²) in [5.41, 5.74) is 34.8. The van der Waals surface area contributed by atoms with Crippen LogP contribution in [-0.2, 0) is 37.4 Å². The molecule has 2 unspecified atom stereocenters. The summed E-state index contributed by atoms with van der Waals surface area (Å²) < 4.78 is 0. The van der Waals surface area contributed by atoms with Crippen LogP contribution in [0.15, 0.2) is 6.07 Å². The molecule has 0 fully saturated rings. The molecule has 0 aliphatic heterocycles. The fourth-order valence-electron chi connectivity index (χ4n) is 6.65. The van der Waals surface area contributed by atoms with Crippen molar-refractivity contribution in [2.45, 2.75) is 121 Å². The van der Waals surface area contributed by atoms with Crippen LogP contribution in [0.2, 0.25) is 0 Å². The van der Waals surface area contributed by atoms with E-state index in [0.29, 0.717) is 74.5 Å². The van der Waals surface area contributed by atoms with Crippen molar-refractivity contribution >= 4 is 35.4 Å². The third-order valence-corrected chi connectivity index (χ3v) is 8.96.